The summed E-state index contributed by atoms with van der Waals surface area (Å²) in [7, 11) is 1.38. The predicted molar refractivity (Wildman–Crippen MR) is 90.5 cm³/mol. The van der Waals surface area contributed by atoms with Crippen LogP contribution in [0.1, 0.15) is 28.7 Å². The van der Waals surface area contributed by atoms with Gasteiger partial charge in [-0.25, -0.2) is 14.3 Å². The third-order valence-corrected chi connectivity index (χ3v) is 3.61. The maximum Gasteiger partial charge on any atom is 0.342 e. The third kappa shape index (κ3) is 4.03. The van der Waals surface area contributed by atoms with E-state index in [1.807, 2.05) is 30.3 Å². The van der Waals surface area contributed by atoms with Crippen LogP contribution in [0.4, 0.5) is 4.79 Å². The maximum atomic E-state index is 12.4. The average molecular weight is 344 g/mol. The molecule has 8 nitrogen and oxygen atoms in total. The fourth-order valence-corrected chi connectivity index (χ4v) is 2.31. The number of nitrogens with one attached hydrogen (secondary N) is 2. The van der Waals surface area contributed by atoms with Crippen molar-refractivity contribution in [3.63, 3.8) is 0 Å². The lowest BCUT2D eigenvalue weighted by atomic mass is 10.2. The van der Waals surface area contributed by atoms with Gasteiger partial charge in [0.15, 0.2) is 6.10 Å². The highest BCUT2D eigenvalue weighted by molar-refractivity contribution is 5.99. The van der Waals surface area contributed by atoms with Gasteiger partial charge >= 0.3 is 12.0 Å². The van der Waals surface area contributed by atoms with Gasteiger partial charge in [0.2, 0.25) is 0 Å². The Hall–Kier alpha value is -3.16. The smallest absolute Gasteiger partial charge is 0.342 e. The van der Waals surface area contributed by atoms with Crippen molar-refractivity contribution in [2.24, 2.45) is 0 Å². The van der Waals surface area contributed by atoms with Crippen molar-refractivity contribution in [2.75, 3.05) is 7.05 Å². The van der Waals surface area contributed by atoms with Crippen molar-refractivity contribution < 1.29 is 19.1 Å². The standard InChI is InChI=1S/C17H20N4O4/c1-10-14(11(2)21(20-10)13-8-6-5-7-9-13)16(23)25-12(3)15(22)19-17(24)18-4/h5-9,12H,1-4H3,(H2,18,19,22,24)/t12-/m1/s1. The Morgan fingerprint density at radius 2 is 1.80 bits per heavy atom. The first-order valence-corrected chi connectivity index (χ1v) is 7.70. The SMILES string of the molecule is CNC(=O)NC(=O)[C@@H](C)OC(=O)c1c(C)nn(-c2ccccc2)c1C. The molecule has 132 valence electrons. The lowest BCUT2D eigenvalue weighted by Crippen LogP contribution is -2.43. The average Bonchev–Trinajstić information content (AvgIpc) is 2.89. The van der Waals surface area contributed by atoms with Crippen LogP contribution in [0.3, 0.4) is 0 Å². The number of aryl methyl sites for hydroxylation is 1. The van der Waals surface area contributed by atoms with E-state index in [0.29, 0.717) is 17.0 Å². The number of benzene rings is 1. The number of rotatable bonds is 4. The molecule has 1 atom stereocenters. The van der Waals surface area contributed by atoms with Crippen molar-refractivity contribution in [3.8, 4) is 5.69 Å². The van der Waals surface area contributed by atoms with Crippen LogP contribution in [-0.2, 0) is 9.53 Å². The second-order valence-electron chi connectivity index (χ2n) is 5.41. The number of nitrogens with zero attached hydrogens (tertiary/aromatic N) is 2. The van der Waals surface area contributed by atoms with E-state index in [1.54, 1.807) is 18.5 Å². The molecule has 0 aliphatic heterocycles. The molecule has 0 fully saturated rings. The van der Waals surface area contributed by atoms with Gasteiger partial charge in [-0.2, -0.15) is 5.10 Å². The molecule has 0 bridgehead atoms. The maximum absolute atomic E-state index is 12.4. The van der Waals surface area contributed by atoms with E-state index in [0.717, 1.165) is 5.69 Å². The number of ether oxygens (including phenoxy) is 1. The summed E-state index contributed by atoms with van der Waals surface area (Å²) in [6.45, 7) is 4.83. The predicted octanol–water partition coefficient (Wildman–Crippen LogP) is 1.49. The molecule has 2 N–H and O–H groups in total. The molecule has 0 saturated heterocycles. The van der Waals surface area contributed by atoms with Gasteiger partial charge < -0.3 is 10.1 Å². The quantitative estimate of drug-likeness (QED) is 0.818. The zero-order valence-corrected chi connectivity index (χ0v) is 14.5. The van der Waals surface area contributed by atoms with Crippen molar-refractivity contribution in [1.29, 1.82) is 0 Å². The highest BCUT2D eigenvalue weighted by Gasteiger charge is 2.25. The van der Waals surface area contributed by atoms with Crippen molar-refractivity contribution in [3.05, 3.63) is 47.3 Å². The largest absolute Gasteiger partial charge is 0.449 e. The summed E-state index contributed by atoms with van der Waals surface area (Å²) in [5.41, 5.74) is 2.20. The molecule has 0 aliphatic rings. The molecule has 1 aromatic carbocycles. The Labute approximate surface area is 145 Å². The summed E-state index contributed by atoms with van der Waals surface area (Å²) < 4.78 is 6.81. The molecule has 8 heteroatoms. The molecule has 2 rings (SSSR count). The van der Waals surface area contributed by atoms with Gasteiger partial charge in [-0.15, -0.1) is 0 Å². The lowest BCUT2D eigenvalue weighted by Gasteiger charge is -2.13. The van der Waals surface area contributed by atoms with Crippen LogP contribution in [-0.4, -0.2) is 40.8 Å². The van der Waals surface area contributed by atoms with Gasteiger partial charge in [-0.3, -0.25) is 10.1 Å². The molecule has 1 heterocycles. The van der Waals surface area contributed by atoms with Gasteiger partial charge in [-0.1, -0.05) is 18.2 Å². The Morgan fingerprint density at radius 3 is 2.40 bits per heavy atom. The first-order chi connectivity index (χ1) is 11.8. The van der Waals surface area contributed by atoms with E-state index in [-0.39, 0.29) is 0 Å². The van der Waals surface area contributed by atoms with E-state index in [2.05, 4.69) is 15.7 Å². The van der Waals surface area contributed by atoms with Crippen molar-refractivity contribution in [2.45, 2.75) is 26.9 Å². The van der Waals surface area contributed by atoms with E-state index in [4.69, 9.17) is 4.74 Å². The Kier molecular flexibility index (Phi) is 5.53. The number of esters is 1. The number of aromatic nitrogens is 2. The zero-order valence-electron chi connectivity index (χ0n) is 14.5. The van der Waals surface area contributed by atoms with Gasteiger partial charge in [0.25, 0.3) is 5.91 Å². The summed E-state index contributed by atoms with van der Waals surface area (Å²) >= 11 is 0. The van der Waals surface area contributed by atoms with Gasteiger partial charge in [-0.05, 0) is 32.9 Å². The van der Waals surface area contributed by atoms with Crippen LogP contribution in [0, 0.1) is 13.8 Å². The molecular weight excluding hydrogens is 324 g/mol. The summed E-state index contributed by atoms with van der Waals surface area (Å²) in [5, 5.41) is 8.68. The molecule has 0 aliphatic carbocycles. The number of urea groups is 1. The summed E-state index contributed by atoms with van der Waals surface area (Å²) in [4.78, 5) is 35.4. The van der Waals surface area contributed by atoms with Crippen LogP contribution in [0.5, 0.6) is 0 Å². The Bertz CT molecular complexity index is 798. The fourth-order valence-electron chi connectivity index (χ4n) is 2.31. The number of carbonyl (C=O) groups is 3. The van der Waals surface area contributed by atoms with Gasteiger partial charge in [0.1, 0.15) is 5.56 Å². The van der Waals surface area contributed by atoms with E-state index >= 15 is 0 Å². The van der Waals surface area contributed by atoms with Gasteiger partial charge in [0.05, 0.1) is 17.1 Å². The fraction of sp³-hybridized carbons (Fsp3) is 0.294. The van der Waals surface area contributed by atoms with Crippen molar-refractivity contribution >= 4 is 17.9 Å². The highest BCUT2D eigenvalue weighted by Crippen LogP contribution is 2.19. The first-order valence-electron chi connectivity index (χ1n) is 7.70. The molecular formula is C17H20N4O4. The van der Waals surface area contributed by atoms with Crippen LogP contribution >= 0.6 is 0 Å². The first kappa shape index (κ1) is 18.2. The molecule has 0 spiro atoms. The molecule has 0 saturated carbocycles. The van der Waals surface area contributed by atoms with E-state index < -0.39 is 24.0 Å². The van der Waals surface area contributed by atoms with Crippen LogP contribution in [0.15, 0.2) is 30.3 Å². The molecule has 2 aromatic rings. The zero-order chi connectivity index (χ0) is 18.6. The number of hydrogen-bond acceptors (Lipinski definition) is 5. The molecule has 0 radical (unpaired) electrons. The second-order valence-corrected chi connectivity index (χ2v) is 5.41. The van der Waals surface area contributed by atoms with Crippen LogP contribution in [0.25, 0.3) is 5.69 Å². The normalized spacial score (nSPS) is 11.5. The summed E-state index contributed by atoms with van der Waals surface area (Å²) in [6, 6.07) is 8.69. The number of carbonyl (C=O) groups excluding carboxylic acids is 3. The molecule has 1 aromatic heterocycles. The minimum Gasteiger partial charge on any atom is -0.449 e. The van der Waals surface area contributed by atoms with Crippen LogP contribution < -0.4 is 10.6 Å². The molecule has 25 heavy (non-hydrogen) atoms. The third-order valence-electron chi connectivity index (χ3n) is 3.61. The minimum atomic E-state index is -1.12. The topological polar surface area (TPSA) is 102 Å². The summed E-state index contributed by atoms with van der Waals surface area (Å²) in [5.74, 6) is -1.38. The molecule has 3 amide bonds. The monoisotopic (exact) mass is 344 g/mol. The number of hydrogen-bond donors (Lipinski definition) is 2. The summed E-state index contributed by atoms with van der Waals surface area (Å²) in [6.07, 6.45) is -1.12. The van der Waals surface area contributed by atoms with Crippen LogP contribution in [0.2, 0.25) is 0 Å². The van der Waals surface area contributed by atoms with E-state index in [1.165, 1.54) is 14.0 Å². The van der Waals surface area contributed by atoms with E-state index in [9.17, 15) is 14.4 Å². The van der Waals surface area contributed by atoms with Crippen molar-refractivity contribution in [1.82, 2.24) is 20.4 Å². The minimum absolute atomic E-state index is 0.295. The molecule has 0 unspecified atom stereocenters. The number of amides is 3. The number of para-hydroxylation sites is 1. The number of imide groups is 1. The Morgan fingerprint density at radius 1 is 1.16 bits per heavy atom. The van der Waals surface area contributed by atoms with Gasteiger partial charge in [0, 0.05) is 7.05 Å². The highest BCUT2D eigenvalue weighted by atomic mass is 16.5. The second kappa shape index (κ2) is 7.61. The lowest BCUT2D eigenvalue weighted by molar-refractivity contribution is -0.127. The Balaban J connectivity index is 2.19.